The van der Waals surface area contributed by atoms with E-state index in [0.717, 1.165) is 29.5 Å². The van der Waals surface area contributed by atoms with Gasteiger partial charge in [-0.2, -0.15) is 0 Å². The monoisotopic (exact) mass is 368 g/mol. The number of hydrogen-bond donors (Lipinski definition) is 0. The summed E-state index contributed by atoms with van der Waals surface area (Å²) in [6.07, 6.45) is 7.18. The Labute approximate surface area is 163 Å². The summed E-state index contributed by atoms with van der Waals surface area (Å²) in [7, 11) is 0. The Bertz CT molecular complexity index is 694. The van der Waals surface area contributed by atoms with Crippen molar-refractivity contribution < 1.29 is 14.3 Å². The second-order valence-electron chi connectivity index (χ2n) is 7.12. The van der Waals surface area contributed by atoms with Crippen molar-refractivity contribution in [3.8, 4) is 5.75 Å². The fraction of sp³-hybridized carbons (Fsp3) is 0.458. The van der Waals surface area contributed by atoms with Gasteiger partial charge in [0.25, 0.3) is 0 Å². The first-order valence-electron chi connectivity index (χ1n) is 10.1. The molecule has 1 unspecified atom stereocenters. The lowest BCUT2D eigenvalue weighted by atomic mass is 10.0. The molecule has 2 aromatic rings. The van der Waals surface area contributed by atoms with E-state index in [1.54, 1.807) is 6.07 Å². The van der Waals surface area contributed by atoms with Crippen LogP contribution in [0.3, 0.4) is 0 Å². The summed E-state index contributed by atoms with van der Waals surface area (Å²) in [5.74, 6) is 0.561. The van der Waals surface area contributed by atoms with Crippen LogP contribution in [0.25, 0.3) is 0 Å². The summed E-state index contributed by atoms with van der Waals surface area (Å²) in [6.45, 7) is 6.17. The van der Waals surface area contributed by atoms with E-state index in [0.29, 0.717) is 5.75 Å². The topological polar surface area (TPSA) is 35.5 Å². The smallest absolute Gasteiger partial charge is 0.426 e. The largest absolute Gasteiger partial charge is 0.514 e. The Hall–Kier alpha value is -2.29. The first kappa shape index (κ1) is 21.0. The van der Waals surface area contributed by atoms with Gasteiger partial charge in [0, 0.05) is 0 Å². The Morgan fingerprint density at radius 3 is 2.33 bits per heavy atom. The molecule has 0 heterocycles. The highest BCUT2D eigenvalue weighted by Crippen LogP contribution is 2.26. The highest BCUT2D eigenvalue weighted by atomic mass is 16.7. The summed E-state index contributed by atoms with van der Waals surface area (Å²) in [4.78, 5) is 12.4. The zero-order chi connectivity index (χ0) is 19.5. The molecule has 3 nitrogen and oxygen atoms in total. The van der Waals surface area contributed by atoms with Crippen LogP contribution in [0.2, 0.25) is 0 Å². The quantitative estimate of drug-likeness (QED) is 0.250. The molecule has 0 aliphatic rings. The van der Waals surface area contributed by atoms with Crippen molar-refractivity contribution in [3.05, 3.63) is 65.2 Å². The lowest BCUT2D eigenvalue weighted by Crippen LogP contribution is -2.16. The number of carbonyl (C=O) groups is 1. The van der Waals surface area contributed by atoms with Gasteiger partial charge in [0.1, 0.15) is 11.9 Å². The number of rotatable bonds is 10. The van der Waals surface area contributed by atoms with Crippen molar-refractivity contribution in [3.63, 3.8) is 0 Å². The lowest BCUT2D eigenvalue weighted by Gasteiger charge is -2.18. The second kappa shape index (κ2) is 11.4. The highest BCUT2D eigenvalue weighted by molar-refractivity contribution is 5.65. The van der Waals surface area contributed by atoms with Crippen LogP contribution in [0.1, 0.15) is 74.7 Å². The molecule has 0 radical (unpaired) electrons. The Morgan fingerprint density at radius 2 is 1.59 bits per heavy atom. The van der Waals surface area contributed by atoms with Gasteiger partial charge in [0.05, 0.1) is 0 Å². The summed E-state index contributed by atoms with van der Waals surface area (Å²) in [5.41, 5.74) is 3.07. The summed E-state index contributed by atoms with van der Waals surface area (Å²) in [5, 5.41) is 0. The number of benzene rings is 2. The van der Waals surface area contributed by atoms with Gasteiger partial charge in [-0.15, -0.1) is 0 Å². The molecule has 0 bridgehead atoms. The molecule has 1 atom stereocenters. The minimum absolute atomic E-state index is 0.269. The van der Waals surface area contributed by atoms with Gasteiger partial charge >= 0.3 is 6.16 Å². The zero-order valence-electron chi connectivity index (χ0n) is 16.9. The molecule has 2 aromatic carbocycles. The number of ether oxygens (including phenoxy) is 2. The van der Waals surface area contributed by atoms with Crippen molar-refractivity contribution in [1.82, 2.24) is 0 Å². The van der Waals surface area contributed by atoms with Gasteiger partial charge in [-0.3, -0.25) is 0 Å². The van der Waals surface area contributed by atoms with E-state index in [1.807, 2.05) is 56.3 Å². The van der Waals surface area contributed by atoms with E-state index in [2.05, 4.69) is 6.92 Å². The fourth-order valence-electron chi connectivity index (χ4n) is 3.14. The average Bonchev–Trinajstić information content (AvgIpc) is 2.68. The summed E-state index contributed by atoms with van der Waals surface area (Å²) < 4.78 is 11.2. The molecule has 2 rings (SSSR count). The Kier molecular flexibility index (Phi) is 8.90. The molecular formula is C24H32O3. The van der Waals surface area contributed by atoms with Crippen molar-refractivity contribution in [2.45, 2.75) is 71.8 Å². The van der Waals surface area contributed by atoms with Crippen molar-refractivity contribution >= 4 is 6.16 Å². The van der Waals surface area contributed by atoms with Crippen molar-refractivity contribution in [2.24, 2.45) is 0 Å². The SMILES string of the molecule is CCCCCCCCC(OC(=O)Oc1cccc(C)c1C)c1ccccc1. The molecule has 27 heavy (non-hydrogen) atoms. The van der Waals surface area contributed by atoms with Crippen LogP contribution in [0.4, 0.5) is 4.79 Å². The van der Waals surface area contributed by atoms with Crippen LogP contribution in [-0.4, -0.2) is 6.16 Å². The molecule has 0 saturated heterocycles. The third-order valence-corrected chi connectivity index (χ3v) is 4.98. The second-order valence-corrected chi connectivity index (χ2v) is 7.12. The summed E-state index contributed by atoms with van der Waals surface area (Å²) >= 11 is 0. The Balaban J connectivity index is 1.94. The van der Waals surface area contributed by atoms with Crippen LogP contribution in [-0.2, 0) is 4.74 Å². The minimum atomic E-state index is -0.636. The highest BCUT2D eigenvalue weighted by Gasteiger charge is 2.19. The third-order valence-electron chi connectivity index (χ3n) is 4.98. The van der Waals surface area contributed by atoms with Gasteiger partial charge in [-0.1, -0.05) is 81.5 Å². The van der Waals surface area contributed by atoms with Gasteiger partial charge in [-0.05, 0) is 49.4 Å². The molecule has 0 amide bonds. The molecule has 0 aliphatic heterocycles. The fourth-order valence-corrected chi connectivity index (χ4v) is 3.14. The standard InChI is InChI=1S/C24H32O3/c1-4-5-6-7-8-12-17-23(21-15-10-9-11-16-21)27-24(25)26-22-18-13-14-19(2)20(22)3/h9-11,13-16,18,23H,4-8,12,17H2,1-3H3. The minimum Gasteiger partial charge on any atom is -0.426 e. The maximum absolute atomic E-state index is 12.4. The predicted octanol–water partition coefficient (Wildman–Crippen LogP) is 7.31. The molecule has 0 aromatic heterocycles. The van der Waals surface area contributed by atoms with E-state index in [9.17, 15) is 4.79 Å². The van der Waals surface area contributed by atoms with Crippen LogP contribution in [0.15, 0.2) is 48.5 Å². The van der Waals surface area contributed by atoms with E-state index >= 15 is 0 Å². The molecular weight excluding hydrogens is 336 g/mol. The molecule has 0 fully saturated rings. The third kappa shape index (κ3) is 7.09. The van der Waals surface area contributed by atoms with Crippen LogP contribution >= 0.6 is 0 Å². The van der Waals surface area contributed by atoms with Crippen LogP contribution < -0.4 is 4.74 Å². The number of aryl methyl sites for hydroxylation is 1. The average molecular weight is 369 g/mol. The first-order chi connectivity index (χ1) is 13.1. The maximum Gasteiger partial charge on any atom is 0.514 e. The zero-order valence-corrected chi connectivity index (χ0v) is 16.9. The van der Waals surface area contributed by atoms with Gasteiger partial charge in [-0.25, -0.2) is 4.79 Å². The van der Waals surface area contributed by atoms with E-state index in [1.165, 1.54) is 32.1 Å². The molecule has 0 N–H and O–H groups in total. The van der Waals surface area contributed by atoms with E-state index in [-0.39, 0.29) is 6.10 Å². The van der Waals surface area contributed by atoms with Crippen molar-refractivity contribution in [1.29, 1.82) is 0 Å². The van der Waals surface area contributed by atoms with Gasteiger partial charge < -0.3 is 9.47 Å². The number of carbonyl (C=O) groups excluding carboxylic acids is 1. The molecule has 146 valence electrons. The van der Waals surface area contributed by atoms with E-state index < -0.39 is 6.16 Å². The van der Waals surface area contributed by atoms with Crippen LogP contribution in [0, 0.1) is 13.8 Å². The molecule has 0 aliphatic carbocycles. The van der Waals surface area contributed by atoms with E-state index in [4.69, 9.17) is 9.47 Å². The predicted molar refractivity (Wildman–Crippen MR) is 110 cm³/mol. The lowest BCUT2D eigenvalue weighted by molar-refractivity contribution is 0.0526. The molecule has 0 spiro atoms. The molecule has 0 saturated carbocycles. The van der Waals surface area contributed by atoms with Crippen LogP contribution in [0.5, 0.6) is 5.75 Å². The Morgan fingerprint density at radius 1 is 0.889 bits per heavy atom. The number of hydrogen-bond acceptors (Lipinski definition) is 3. The van der Waals surface area contributed by atoms with Crippen molar-refractivity contribution in [2.75, 3.05) is 0 Å². The maximum atomic E-state index is 12.4. The number of unbranched alkanes of at least 4 members (excludes halogenated alkanes) is 5. The molecule has 3 heteroatoms. The van der Waals surface area contributed by atoms with Gasteiger partial charge in [0.15, 0.2) is 0 Å². The van der Waals surface area contributed by atoms with Gasteiger partial charge in [0.2, 0.25) is 0 Å². The normalized spacial score (nSPS) is 11.8. The first-order valence-corrected chi connectivity index (χ1v) is 10.1. The summed E-state index contributed by atoms with van der Waals surface area (Å²) in [6, 6.07) is 15.6.